The molecule has 1 aromatic carbocycles. The molecule has 2 amide bonds. The van der Waals surface area contributed by atoms with Crippen molar-refractivity contribution in [2.45, 2.75) is 13.5 Å². The molecule has 0 radical (unpaired) electrons. The Bertz CT molecular complexity index is 533. The van der Waals surface area contributed by atoms with Gasteiger partial charge in [0.2, 0.25) is 0 Å². The number of amides is 2. The van der Waals surface area contributed by atoms with Crippen molar-refractivity contribution in [2.24, 2.45) is 0 Å². The second-order valence-corrected chi connectivity index (χ2v) is 5.42. The molecular weight excluding hydrogens is 324 g/mol. The van der Waals surface area contributed by atoms with Crippen LogP contribution in [0.25, 0.3) is 0 Å². The summed E-state index contributed by atoms with van der Waals surface area (Å²) in [6.45, 7) is 3.99. The van der Waals surface area contributed by atoms with Crippen LogP contribution in [0.3, 0.4) is 0 Å². The van der Waals surface area contributed by atoms with Crippen LogP contribution in [0.1, 0.15) is 12.5 Å². The maximum atomic E-state index is 12.1. The lowest BCUT2D eigenvalue weighted by atomic mass is 10.1. The molecule has 0 bridgehead atoms. The van der Waals surface area contributed by atoms with E-state index < -0.39 is 11.8 Å². The zero-order valence-electron chi connectivity index (χ0n) is 11.6. The molecule has 1 aromatic rings. The van der Waals surface area contributed by atoms with Gasteiger partial charge in [-0.05, 0) is 30.7 Å². The molecule has 20 heavy (non-hydrogen) atoms. The fraction of sp³-hybridized carbons (Fsp3) is 0.429. The Hall–Kier alpha value is -1.56. The molecule has 1 heterocycles. The molecule has 0 atom stereocenters. The van der Waals surface area contributed by atoms with E-state index in [4.69, 9.17) is 4.74 Å². The van der Waals surface area contributed by atoms with E-state index in [2.05, 4.69) is 15.9 Å². The number of halogens is 1. The standard InChI is InChI=1S/C14H17BrN2O3/c1-3-16-6-7-17(14(19)13(16)18)9-10-8-11(20-2)4-5-12(10)15/h4-5,8H,3,6-7,9H2,1-2H3. The van der Waals surface area contributed by atoms with Crippen molar-refractivity contribution in [3.05, 3.63) is 28.2 Å². The summed E-state index contributed by atoms with van der Waals surface area (Å²) in [6.07, 6.45) is 0. The molecule has 0 spiro atoms. The number of hydrogen-bond donors (Lipinski definition) is 0. The first kappa shape index (κ1) is 14.8. The number of benzene rings is 1. The molecule has 0 aliphatic carbocycles. The molecule has 1 fully saturated rings. The smallest absolute Gasteiger partial charge is 0.312 e. The van der Waals surface area contributed by atoms with Crippen LogP contribution in [0.2, 0.25) is 0 Å². The number of rotatable bonds is 4. The van der Waals surface area contributed by atoms with Crippen molar-refractivity contribution in [2.75, 3.05) is 26.7 Å². The van der Waals surface area contributed by atoms with Crippen molar-refractivity contribution in [3.8, 4) is 5.75 Å². The lowest BCUT2D eigenvalue weighted by Gasteiger charge is -2.33. The predicted molar refractivity (Wildman–Crippen MR) is 78.4 cm³/mol. The number of carbonyl (C=O) groups excluding carboxylic acids is 2. The van der Waals surface area contributed by atoms with E-state index in [1.165, 1.54) is 0 Å². The number of carbonyl (C=O) groups is 2. The van der Waals surface area contributed by atoms with Gasteiger partial charge in [-0.2, -0.15) is 0 Å². The number of hydrogen-bond acceptors (Lipinski definition) is 3. The van der Waals surface area contributed by atoms with Crippen LogP contribution in [-0.2, 0) is 16.1 Å². The van der Waals surface area contributed by atoms with Gasteiger partial charge in [0, 0.05) is 30.7 Å². The Labute approximate surface area is 126 Å². The molecule has 2 rings (SSSR count). The fourth-order valence-electron chi connectivity index (χ4n) is 2.17. The van der Waals surface area contributed by atoms with Gasteiger partial charge in [-0.15, -0.1) is 0 Å². The number of likely N-dealkylation sites (N-methyl/N-ethyl adjacent to an activating group) is 1. The van der Waals surface area contributed by atoms with Crippen molar-refractivity contribution in [1.29, 1.82) is 0 Å². The topological polar surface area (TPSA) is 49.9 Å². The molecule has 0 N–H and O–H groups in total. The van der Waals surface area contributed by atoms with Gasteiger partial charge in [-0.25, -0.2) is 0 Å². The average Bonchev–Trinajstić information content (AvgIpc) is 2.46. The zero-order chi connectivity index (χ0) is 14.7. The highest BCUT2D eigenvalue weighted by atomic mass is 79.9. The van der Waals surface area contributed by atoms with Gasteiger partial charge >= 0.3 is 11.8 Å². The van der Waals surface area contributed by atoms with Crippen LogP contribution in [0.4, 0.5) is 0 Å². The molecule has 1 aliphatic heterocycles. The maximum Gasteiger partial charge on any atom is 0.312 e. The minimum atomic E-state index is -0.437. The summed E-state index contributed by atoms with van der Waals surface area (Å²) in [6, 6.07) is 5.59. The number of ether oxygens (including phenoxy) is 1. The Kier molecular flexibility index (Phi) is 4.65. The summed E-state index contributed by atoms with van der Waals surface area (Å²) < 4.78 is 6.08. The van der Waals surface area contributed by atoms with Crippen LogP contribution in [-0.4, -0.2) is 48.4 Å². The molecule has 1 aliphatic rings. The van der Waals surface area contributed by atoms with Crippen LogP contribution < -0.4 is 4.74 Å². The largest absolute Gasteiger partial charge is 0.497 e. The predicted octanol–water partition coefficient (Wildman–Crippen LogP) is 1.65. The minimum absolute atomic E-state index is 0.403. The monoisotopic (exact) mass is 340 g/mol. The molecular formula is C14H17BrN2O3. The van der Waals surface area contributed by atoms with E-state index in [1.807, 2.05) is 25.1 Å². The zero-order valence-corrected chi connectivity index (χ0v) is 13.1. The summed E-state index contributed by atoms with van der Waals surface area (Å²) in [4.78, 5) is 27.1. The molecule has 1 saturated heterocycles. The van der Waals surface area contributed by atoms with Crippen LogP contribution in [0.15, 0.2) is 22.7 Å². The summed E-state index contributed by atoms with van der Waals surface area (Å²) >= 11 is 3.46. The highest BCUT2D eigenvalue weighted by Crippen LogP contribution is 2.24. The van der Waals surface area contributed by atoms with E-state index in [1.54, 1.807) is 16.9 Å². The molecule has 0 unspecified atom stereocenters. The first-order valence-corrected chi connectivity index (χ1v) is 7.26. The summed E-state index contributed by atoms with van der Waals surface area (Å²) in [7, 11) is 1.60. The summed E-state index contributed by atoms with van der Waals surface area (Å²) in [5, 5.41) is 0. The Balaban J connectivity index is 2.14. The van der Waals surface area contributed by atoms with Gasteiger partial charge in [0.15, 0.2) is 0 Å². The summed E-state index contributed by atoms with van der Waals surface area (Å²) in [5.74, 6) is -0.125. The lowest BCUT2D eigenvalue weighted by Crippen LogP contribution is -2.53. The van der Waals surface area contributed by atoms with Crippen LogP contribution in [0, 0.1) is 0 Å². The Morgan fingerprint density at radius 3 is 2.50 bits per heavy atom. The minimum Gasteiger partial charge on any atom is -0.497 e. The first-order chi connectivity index (χ1) is 9.56. The van der Waals surface area contributed by atoms with Crippen molar-refractivity contribution in [1.82, 2.24) is 9.80 Å². The first-order valence-electron chi connectivity index (χ1n) is 6.47. The van der Waals surface area contributed by atoms with Gasteiger partial charge in [-0.3, -0.25) is 9.59 Å². The second-order valence-electron chi connectivity index (χ2n) is 4.57. The third-order valence-corrected chi connectivity index (χ3v) is 4.17. The molecule has 0 saturated carbocycles. The fourth-order valence-corrected chi connectivity index (χ4v) is 2.54. The number of nitrogens with zero attached hydrogens (tertiary/aromatic N) is 2. The van der Waals surface area contributed by atoms with Crippen LogP contribution >= 0.6 is 15.9 Å². The van der Waals surface area contributed by atoms with Crippen molar-refractivity contribution in [3.63, 3.8) is 0 Å². The lowest BCUT2D eigenvalue weighted by molar-refractivity contribution is -0.156. The van der Waals surface area contributed by atoms with Gasteiger partial charge in [0.1, 0.15) is 5.75 Å². The van der Waals surface area contributed by atoms with Gasteiger partial charge in [0.05, 0.1) is 7.11 Å². The van der Waals surface area contributed by atoms with E-state index >= 15 is 0 Å². The van der Waals surface area contributed by atoms with E-state index in [0.717, 1.165) is 15.8 Å². The molecule has 6 heteroatoms. The Morgan fingerprint density at radius 2 is 1.85 bits per heavy atom. The van der Waals surface area contributed by atoms with Crippen LogP contribution in [0.5, 0.6) is 5.75 Å². The van der Waals surface area contributed by atoms with E-state index in [-0.39, 0.29) is 0 Å². The van der Waals surface area contributed by atoms with Crippen molar-refractivity contribution < 1.29 is 14.3 Å². The van der Waals surface area contributed by atoms with Gasteiger partial charge < -0.3 is 14.5 Å². The SMILES string of the molecule is CCN1CCN(Cc2cc(OC)ccc2Br)C(=O)C1=O. The summed E-state index contributed by atoms with van der Waals surface area (Å²) in [5.41, 5.74) is 0.926. The normalized spacial score (nSPS) is 15.8. The average molecular weight is 341 g/mol. The van der Waals surface area contributed by atoms with E-state index in [9.17, 15) is 9.59 Å². The quantitative estimate of drug-likeness (QED) is 0.783. The number of piperazine rings is 1. The third-order valence-electron chi connectivity index (χ3n) is 3.39. The number of methoxy groups -OCH3 is 1. The molecule has 5 nitrogen and oxygen atoms in total. The second kappa shape index (κ2) is 6.26. The highest BCUT2D eigenvalue weighted by molar-refractivity contribution is 9.10. The Morgan fingerprint density at radius 1 is 1.20 bits per heavy atom. The van der Waals surface area contributed by atoms with E-state index in [0.29, 0.717) is 26.2 Å². The van der Waals surface area contributed by atoms with Gasteiger partial charge in [-0.1, -0.05) is 15.9 Å². The molecule has 108 valence electrons. The third kappa shape index (κ3) is 2.95. The van der Waals surface area contributed by atoms with Crippen molar-refractivity contribution >= 4 is 27.7 Å². The van der Waals surface area contributed by atoms with Gasteiger partial charge in [0.25, 0.3) is 0 Å². The highest BCUT2D eigenvalue weighted by Gasteiger charge is 2.31. The maximum absolute atomic E-state index is 12.1. The molecule has 0 aromatic heterocycles.